The normalized spacial score (nSPS) is 19.8. The van der Waals surface area contributed by atoms with E-state index in [0.717, 1.165) is 42.9 Å². The third kappa shape index (κ3) is 5.65. The van der Waals surface area contributed by atoms with Gasteiger partial charge in [-0.1, -0.05) is 35.5 Å². The van der Waals surface area contributed by atoms with Gasteiger partial charge in [0.2, 0.25) is 5.91 Å². The maximum Gasteiger partial charge on any atom is 0.222 e. The van der Waals surface area contributed by atoms with Crippen LogP contribution in [0, 0.1) is 11.8 Å². The largest absolute Gasteiger partial charge is 0.377 e. The van der Waals surface area contributed by atoms with Gasteiger partial charge in [-0.2, -0.15) is 0 Å². The average molecular weight is 371 g/mol. The fourth-order valence-corrected chi connectivity index (χ4v) is 3.74. The van der Waals surface area contributed by atoms with Crippen molar-refractivity contribution in [1.82, 2.24) is 15.4 Å². The van der Waals surface area contributed by atoms with E-state index >= 15 is 0 Å². The van der Waals surface area contributed by atoms with Crippen LogP contribution in [0.4, 0.5) is 0 Å². The third-order valence-corrected chi connectivity index (χ3v) is 5.26. The number of ether oxygens (including phenoxy) is 1. The van der Waals surface area contributed by atoms with Crippen molar-refractivity contribution < 1.29 is 14.1 Å². The number of rotatable bonds is 8. The summed E-state index contributed by atoms with van der Waals surface area (Å²) in [6.07, 6.45) is 2.41. The molecule has 0 radical (unpaired) electrons. The molecule has 1 fully saturated rings. The molecule has 0 spiro atoms. The third-order valence-electron chi connectivity index (χ3n) is 5.26. The van der Waals surface area contributed by atoms with Gasteiger partial charge in [-0.3, -0.25) is 4.79 Å². The summed E-state index contributed by atoms with van der Waals surface area (Å²) >= 11 is 0. The van der Waals surface area contributed by atoms with Crippen LogP contribution in [-0.4, -0.2) is 43.2 Å². The number of aromatic nitrogens is 1. The molecule has 2 atom stereocenters. The SMILES string of the molecule is COCc1cc(CC2CNCCC2CC(=O)N(C)Cc2ccccc2)no1. The monoisotopic (exact) mass is 371 g/mol. The molecule has 27 heavy (non-hydrogen) atoms. The van der Waals surface area contributed by atoms with Crippen LogP contribution in [0.15, 0.2) is 40.9 Å². The smallest absolute Gasteiger partial charge is 0.222 e. The summed E-state index contributed by atoms with van der Waals surface area (Å²) in [5.74, 6) is 1.69. The highest BCUT2D eigenvalue weighted by Crippen LogP contribution is 2.27. The lowest BCUT2D eigenvalue weighted by molar-refractivity contribution is -0.132. The lowest BCUT2D eigenvalue weighted by atomic mass is 9.81. The van der Waals surface area contributed by atoms with Crippen molar-refractivity contribution in [2.24, 2.45) is 11.8 Å². The molecule has 0 bridgehead atoms. The van der Waals surface area contributed by atoms with E-state index in [-0.39, 0.29) is 5.91 Å². The molecule has 2 heterocycles. The van der Waals surface area contributed by atoms with Gasteiger partial charge in [0.05, 0.1) is 5.69 Å². The van der Waals surface area contributed by atoms with Crippen LogP contribution in [0.2, 0.25) is 0 Å². The Morgan fingerprint density at radius 1 is 1.33 bits per heavy atom. The number of amides is 1. The molecule has 1 amide bonds. The van der Waals surface area contributed by atoms with Crippen LogP contribution in [0.25, 0.3) is 0 Å². The van der Waals surface area contributed by atoms with Gasteiger partial charge in [-0.25, -0.2) is 0 Å². The highest BCUT2D eigenvalue weighted by atomic mass is 16.5. The molecule has 1 aromatic heterocycles. The van der Waals surface area contributed by atoms with Crippen LogP contribution < -0.4 is 5.32 Å². The van der Waals surface area contributed by atoms with Crippen molar-refractivity contribution in [3.8, 4) is 0 Å². The van der Waals surface area contributed by atoms with Gasteiger partial charge in [0.15, 0.2) is 5.76 Å². The fraction of sp³-hybridized carbons (Fsp3) is 0.524. The molecule has 1 aliphatic rings. The van der Waals surface area contributed by atoms with Gasteiger partial charge in [-0.15, -0.1) is 0 Å². The minimum atomic E-state index is 0.205. The Balaban J connectivity index is 1.56. The highest BCUT2D eigenvalue weighted by molar-refractivity contribution is 5.76. The topological polar surface area (TPSA) is 67.6 Å². The van der Waals surface area contributed by atoms with E-state index in [1.165, 1.54) is 0 Å². The Kier molecular flexibility index (Phi) is 7.01. The van der Waals surface area contributed by atoms with Gasteiger partial charge in [-0.05, 0) is 43.3 Å². The number of methoxy groups -OCH3 is 1. The standard InChI is InChI=1S/C21H29N3O3/c1-24(14-16-6-4-3-5-7-16)21(25)11-17-8-9-22-13-18(17)10-19-12-20(15-26-2)27-23-19/h3-7,12,17-18,22H,8-11,13-15H2,1-2H3. The molecule has 0 saturated carbocycles. The zero-order valence-corrected chi connectivity index (χ0v) is 16.2. The molecule has 3 rings (SSSR count). The van der Waals surface area contributed by atoms with Crippen LogP contribution in [0.3, 0.4) is 0 Å². The number of carbonyl (C=O) groups excluding carboxylic acids is 1. The molecule has 0 aliphatic carbocycles. The van der Waals surface area contributed by atoms with E-state index in [0.29, 0.717) is 31.4 Å². The zero-order chi connectivity index (χ0) is 19.1. The maximum atomic E-state index is 12.8. The fourth-order valence-electron chi connectivity index (χ4n) is 3.74. The minimum Gasteiger partial charge on any atom is -0.377 e. The summed E-state index contributed by atoms with van der Waals surface area (Å²) in [6.45, 7) is 2.96. The Morgan fingerprint density at radius 2 is 2.15 bits per heavy atom. The minimum absolute atomic E-state index is 0.205. The predicted molar refractivity (Wildman–Crippen MR) is 103 cm³/mol. The quantitative estimate of drug-likeness (QED) is 0.773. The first-order valence-electron chi connectivity index (χ1n) is 9.57. The van der Waals surface area contributed by atoms with Gasteiger partial charge in [0.25, 0.3) is 0 Å². The Hall–Kier alpha value is -2.18. The molecular weight excluding hydrogens is 342 g/mol. The molecular formula is C21H29N3O3. The lowest BCUT2D eigenvalue weighted by Crippen LogP contribution is -2.40. The van der Waals surface area contributed by atoms with Gasteiger partial charge >= 0.3 is 0 Å². The Labute approximate surface area is 160 Å². The number of nitrogens with one attached hydrogen (secondary N) is 1. The summed E-state index contributed by atoms with van der Waals surface area (Å²) in [6, 6.07) is 12.1. The van der Waals surface area contributed by atoms with Crippen molar-refractivity contribution in [2.75, 3.05) is 27.2 Å². The number of carbonyl (C=O) groups is 1. The van der Waals surface area contributed by atoms with E-state index < -0.39 is 0 Å². The number of hydrogen-bond acceptors (Lipinski definition) is 5. The van der Waals surface area contributed by atoms with Crippen LogP contribution in [-0.2, 0) is 29.1 Å². The van der Waals surface area contributed by atoms with Crippen molar-refractivity contribution >= 4 is 5.91 Å². The summed E-state index contributed by atoms with van der Waals surface area (Å²) in [5, 5.41) is 7.61. The van der Waals surface area contributed by atoms with Crippen LogP contribution in [0.1, 0.15) is 29.9 Å². The van der Waals surface area contributed by atoms with E-state index in [2.05, 4.69) is 22.6 Å². The molecule has 6 nitrogen and oxygen atoms in total. The molecule has 2 unspecified atom stereocenters. The molecule has 1 N–H and O–H groups in total. The Bertz CT molecular complexity index is 716. The van der Waals surface area contributed by atoms with Crippen molar-refractivity contribution in [2.45, 2.75) is 32.4 Å². The number of hydrogen-bond donors (Lipinski definition) is 1. The number of nitrogens with zero attached hydrogens (tertiary/aromatic N) is 2. The maximum absolute atomic E-state index is 12.8. The second kappa shape index (κ2) is 9.67. The van der Waals surface area contributed by atoms with E-state index in [1.54, 1.807) is 7.11 Å². The molecule has 1 aliphatic heterocycles. The molecule has 146 valence electrons. The lowest BCUT2D eigenvalue weighted by Gasteiger charge is -2.32. The first kappa shape index (κ1) is 19.6. The average Bonchev–Trinajstić information content (AvgIpc) is 3.11. The molecule has 6 heteroatoms. The predicted octanol–water partition coefficient (Wildman–Crippen LogP) is 2.64. The zero-order valence-electron chi connectivity index (χ0n) is 16.2. The second-order valence-corrected chi connectivity index (χ2v) is 7.37. The van der Waals surface area contributed by atoms with E-state index in [1.807, 2.05) is 36.2 Å². The van der Waals surface area contributed by atoms with Crippen LogP contribution in [0.5, 0.6) is 0 Å². The first-order chi connectivity index (χ1) is 13.2. The summed E-state index contributed by atoms with van der Waals surface area (Å²) in [7, 11) is 3.53. The van der Waals surface area contributed by atoms with E-state index in [4.69, 9.17) is 9.26 Å². The number of piperidine rings is 1. The molecule has 1 saturated heterocycles. The van der Waals surface area contributed by atoms with Crippen molar-refractivity contribution in [1.29, 1.82) is 0 Å². The van der Waals surface area contributed by atoms with Crippen molar-refractivity contribution in [3.05, 3.63) is 53.4 Å². The molecule has 1 aromatic carbocycles. The van der Waals surface area contributed by atoms with Crippen LogP contribution >= 0.6 is 0 Å². The Morgan fingerprint density at radius 3 is 2.93 bits per heavy atom. The highest BCUT2D eigenvalue weighted by Gasteiger charge is 2.29. The summed E-state index contributed by atoms with van der Waals surface area (Å²) in [4.78, 5) is 14.6. The first-order valence-corrected chi connectivity index (χ1v) is 9.57. The van der Waals surface area contributed by atoms with Gasteiger partial charge < -0.3 is 19.5 Å². The van der Waals surface area contributed by atoms with Gasteiger partial charge in [0.1, 0.15) is 6.61 Å². The summed E-state index contributed by atoms with van der Waals surface area (Å²) in [5.41, 5.74) is 2.09. The summed E-state index contributed by atoms with van der Waals surface area (Å²) < 4.78 is 10.4. The molecule has 2 aromatic rings. The van der Waals surface area contributed by atoms with E-state index in [9.17, 15) is 4.79 Å². The number of benzene rings is 1. The van der Waals surface area contributed by atoms with Crippen molar-refractivity contribution in [3.63, 3.8) is 0 Å². The van der Waals surface area contributed by atoms with Gasteiger partial charge in [0, 0.05) is 33.2 Å². The second-order valence-electron chi connectivity index (χ2n) is 7.37.